The van der Waals surface area contributed by atoms with Gasteiger partial charge in [0.25, 0.3) is 0 Å². The van der Waals surface area contributed by atoms with E-state index in [1.54, 1.807) is 0 Å². The zero-order valence-electron chi connectivity index (χ0n) is 10.9. The number of rotatable bonds is 9. The van der Waals surface area contributed by atoms with Gasteiger partial charge in [-0.3, -0.25) is 0 Å². The van der Waals surface area contributed by atoms with Crippen LogP contribution in [0.4, 0.5) is 0 Å². The molecular weight excluding hydrogens is 198 g/mol. The van der Waals surface area contributed by atoms with Crippen molar-refractivity contribution < 1.29 is 5.11 Å². The van der Waals surface area contributed by atoms with Crippen molar-refractivity contribution in [3.63, 3.8) is 0 Å². The molecule has 1 saturated heterocycles. The van der Waals surface area contributed by atoms with Crippen LogP contribution in [0.15, 0.2) is 0 Å². The summed E-state index contributed by atoms with van der Waals surface area (Å²) in [4.78, 5) is 0. The van der Waals surface area contributed by atoms with Gasteiger partial charge in [-0.15, -0.1) is 0 Å². The Hall–Kier alpha value is -0.0800. The number of unbranched alkanes of at least 4 members (excludes halogenated alkanes) is 6. The molecule has 1 heterocycles. The van der Waals surface area contributed by atoms with Crippen molar-refractivity contribution in [2.75, 3.05) is 6.61 Å². The van der Waals surface area contributed by atoms with Gasteiger partial charge in [0.2, 0.25) is 0 Å². The Kier molecular flexibility index (Phi) is 7.87. The molecule has 2 atom stereocenters. The van der Waals surface area contributed by atoms with E-state index in [1.807, 2.05) is 0 Å². The molecule has 2 N–H and O–H groups in total. The largest absolute Gasteiger partial charge is 0.395 e. The van der Waals surface area contributed by atoms with Crippen molar-refractivity contribution >= 4 is 0 Å². The summed E-state index contributed by atoms with van der Waals surface area (Å²) in [5, 5.41) is 12.5. The minimum atomic E-state index is 0.313. The molecule has 96 valence electrons. The van der Waals surface area contributed by atoms with Gasteiger partial charge in [-0.25, -0.2) is 0 Å². The molecule has 1 aliphatic rings. The van der Waals surface area contributed by atoms with Gasteiger partial charge in [-0.2, -0.15) is 0 Å². The van der Waals surface area contributed by atoms with Gasteiger partial charge in [0.1, 0.15) is 0 Å². The van der Waals surface area contributed by atoms with E-state index in [0.717, 1.165) is 6.42 Å². The van der Waals surface area contributed by atoms with Gasteiger partial charge >= 0.3 is 0 Å². The minimum Gasteiger partial charge on any atom is -0.395 e. The summed E-state index contributed by atoms with van der Waals surface area (Å²) in [5.41, 5.74) is 0. The van der Waals surface area contributed by atoms with Gasteiger partial charge in [0.15, 0.2) is 0 Å². The molecular formula is C14H29NO. The molecule has 0 saturated carbocycles. The average Bonchev–Trinajstić information content (AvgIpc) is 2.76. The zero-order chi connectivity index (χ0) is 11.6. The van der Waals surface area contributed by atoms with Crippen LogP contribution >= 0.6 is 0 Å². The standard InChI is InChI=1S/C14H29NO/c1-2-3-4-5-6-7-8-9-13-10-11-14(12-16)15-13/h13-16H,2-12H2,1H3/t13-,14+/m1/s1. The van der Waals surface area contributed by atoms with E-state index in [0.29, 0.717) is 18.7 Å². The molecule has 0 unspecified atom stereocenters. The van der Waals surface area contributed by atoms with Gasteiger partial charge in [-0.1, -0.05) is 51.9 Å². The second kappa shape index (κ2) is 9.00. The van der Waals surface area contributed by atoms with Crippen LogP contribution in [0.5, 0.6) is 0 Å². The maximum absolute atomic E-state index is 9.01. The van der Waals surface area contributed by atoms with Crippen LogP contribution in [0.25, 0.3) is 0 Å². The van der Waals surface area contributed by atoms with Gasteiger partial charge in [-0.05, 0) is 19.3 Å². The first kappa shape index (κ1) is 14.0. The summed E-state index contributed by atoms with van der Waals surface area (Å²) in [7, 11) is 0. The molecule has 1 fully saturated rings. The Morgan fingerprint density at radius 1 is 0.938 bits per heavy atom. The highest BCUT2D eigenvalue weighted by atomic mass is 16.3. The van der Waals surface area contributed by atoms with Crippen molar-refractivity contribution in [1.82, 2.24) is 5.32 Å². The average molecular weight is 227 g/mol. The van der Waals surface area contributed by atoms with Crippen LogP contribution in [-0.4, -0.2) is 23.8 Å². The molecule has 0 aromatic carbocycles. The third kappa shape index (κ3) is 5.86. The topological polar surface area (TPSA) is 32.3 Å². The summed E-state index contributed by atoms with van der Waals surface area (Å²) in [6.07, 6.45) is 13.5. The first-order valence-corrected chi connectivity index (χ1v) is 7.23. The third-order valence-corrected chi connectivity index (χ3v) is 3.71. The van der Waals surface area contributed by atoms with Crippen molar-refractivity contribution in [1.29, 1.82) is 0 Å². The van der Waals surface area contributed by atoms with E-state index in [2.05, 4.69) is 12.2 Å². The highest BCUT2D eigenvalue weighted by molar-refractivity contribution is 4.82. The maximum Gasteiger partial charge on any atom is 0.0584 e. The number of hydrogen-bond acceptors (Lipinski definition) is 2. The van der Waals surface area contributed by atoms with E-state index in [4.69, 9.17) is 5.11 Å². The molecule has 1 aliphatic heterocycles. The molecule has 2 heteroatoms. The minimum absolute atomic E-state index is 0.313. The van der Waals surface area contributed by atoms with Crippen LogP contribution in [-0.2, 0) is 0 Å². The van der Waals surface area contributed by atoms with Gasteiger partial charge < -0.3 is 10.4 Å². The first-order valence-electron chi connectivity index (χ1n) is 7.23. The highest BCUT2D eigenvalue weighted by Gasteiger charge is 2.21. The molecule has 1 rings (SSSR count). The SMILES string of the molecule is CCCCCCCCC[C@@H]1CC[C@@H](CO)N1. The Bertz CT molecular complexity index is 161. The number of aliphatic hydroxyl groups excluding tert-OH is 1. The smallest absolute Gasteiger partial charge is 0.0584 e. The van der Waals surface area contributed by atoms with Crippen LogP contribution in [0.1, 0.15) is 71.1 Å². The first-order chi connectivity index (χ1) is 7.86. The molecule has 0 aliphatic carbocycles. The molecule has 2 nitrogen and oxygen atoms in total. The van der Waals surface area contributed by atoms with Crippen molar-refractivity contribution in [2.24, 2.45) is 0 Å². The summed E-state index contributed by atoms with van der Waals surface area (Å²) >= 11 is 0. The van der Waals surface area contributed by atoms with Gasteiger partial charge in [0.05, 0.1) is 6.61 Å². The summed E-state index contributed by atoms with van der Waals surface area (Å²) in [5.74, 6) is 0. The van der Waals surface area contributed by atoms with Crippen LogP contribution in [0.3, 0.4) is 0 Å². The lowest BCUT2D eigenvalue weighted by atomic mass is 10.0. The van der Waals surface area contributed by atoms with E-state index >= 15 is 0 Å². The second-order valence-corrected chi connectivity index (χ2v) is 5.23. The predicted octanol–water partition coefficient (Wildman–Crippen LogP) is 3.24. The molecule has 0 aromatic heterocycles. The van der Waals surface area contributed by atoms with Crippen molar-refractivity contribution in [3.8, 4) is 0 Å². The molecule has 0 aromatic rings. The van der Waals surface area contributed by atoms with E-state index < -0.39 is 0 Å². The molecule has 0 amide bonds. The fraction of sp³-hybridized carbons (Fsp3) is 1.00. The van der Waals surface area contributed by atoms with E-state index in [-0.39, 0.29) is 0 Å². The quantitative estimate of drug-likeness (QED) is 0.593. The zero-order valence-corrected chi connectivity index (χ0v) is 10.9. The molecule has 0 radical (unpaired) electrons. The molecule has 16 heavy (non-hydrogen) atoms. The van der Waals surface area contributed by atoms with Crippen LogP contribution in [0.2, 0.25) is 0 Å². The summed E-state index contributed by atoms with van der Waals surface area (Å²) < 4.78 is 0. The van der Waals surface area contributed by atoms with Crippen LogP contribution < -0.4 is 5.32 Å². The fourth-order valence-corrected chi connectivity index (χ4v) is 2.62. The van der Waals surface area contributed by atoms with Crippen molar-refractivity contribution in [2.45, 2.75) is 83.2 Å². The fourth-order valence-electron chi connectivity index (χ4n) is 2.62. The second-order valence-electron chi connectivity index (χ2n) is 5.23. The van der Waals surface area contributed by atoms with Crippen molar-refractivity contribution in [3.05, 3.63) is 0 Å². The lowest BCUT2D eigenvalue weighted by Gasteiger charge is -2.12. The molecule has 0 spiro atoms. The normalized spacial score (nSPS) is 25.1. The van der Waals surface area contributed by atoms with E-state index in [9.17, 15) is 0 Å². The lowest BCUT2D eigenvalue weighted by molar-refractivity contribution is 0.250. The lowest BCUT2D eigenvalue weighted by Crippen LogP contribution is -2.31. The maximum atomic E-state index is 9.01. The number of nitrogens with one attached hydrogen (secondary N) is 1. The Morgan fingerprint density at radius 2 is 1.56 bits per heavy atom. The van der Waals surface area contributed by atoms with Gasteiger partial charge in [0, 0.05) is 12.1 Å². The highest BCUT2D eigenvalue weighted by Crippen LogP contribution is 2.18. The third-order valence-electron chi connectivity index (χ3n) is 3.71. The Labute approximate surface area is 101 Å². The number of hydrogen-bond donors (Lipinski definition) is 2. The Balaban J connectivity index is 1.84. The van der Waals surface area contributed by atoms with Crippen LogP contribution in [0, 0.1) is 0 Å². The van der Waals surface area contributed by atoms with E-state index in [1.165, 1.54) is 57.8 Å². The summed E-state index contributed by atoms with van der Waals surface area (Å²) in [6.45, 7) is 2.58. The molecule has 0 bridgehead atoms. The number of aliphatic hydroxyl groups is 1. The Morgan fingerprint density at radius 3 is 2.19 bits per heavy atom. The summed E-state index contributed by atoms with van der Waals surface area (Å²) in [6, 6.07) is 1.07. The predicted molar refractivity (Wildman–Crippen MR) is 69.6 cm³/mol. The monoisotopic (exact) mass is 227 g/mol.